The van der Waals surface area contributed by atoms with Crippen LogP contribution < -0.4 is 5.73 Å². The minimum atomic E-state index is -0.748. The first-order valence-corrected chi connectivity index (χ1v) is 5.57. The average molecular weight is 214 g/mol. The molecule has 1 saturated heterocycles. The Morgan fingerprint density at radius 1 is 1.47 bits per heavy atom. The van der Waals surface area contributed by atoms with Crippen LogP contribution in [0.1, 0.15) is 26.7 Å². The van der Waals surface area contributed by atoms with Crippen molar-refractivity contribution in [3.8, 4) is 0 Å². The zero-order chi connectivity index (χ0) is 11.5. The van der Waals surface area contributed by atoms with Gasteiger partial charge < -0.3 is 15.4 Å². The lowest BCUT2D eigenvalue weighted by Gasteiger charge is -2.37. The van der Waals surface area contributed by atoms with Crippen LogP contribution in [-0.2, 0) is 9.53 Å². The van der Waals surface area contributed by atoms with Gasteiger partial charge in [-0.25, -0.2) is 0 Å². The van der Waals surface area contributed by atoms with E-state index in [1.54, 1.807) is 0 Å². The molecule has 0 radical (unpaired) electrons. The highest BCUT2D eigenvalue weighted by Crippen LogP contribution is 2.21. The topological polar surface area (TPSA) is 55.6 Å². The molecule has 88 valence electrons. The number of rotatable bonds is 3. The van der Waals surface area contributed by atoms with Crippen molar-refractivity contribution in [2.24, 2.45) is 11.7 Å². The molecule has 0 saturated carbocycles. The van der Waals surface area contributed by atoms with Gasteiger partial charge in [0.15, 0.2) is 0 Å². The van der Waals surface area contributed by atoms with E-state index in [9.17, 15) is 4.79 Å². The molecule has 1 fully saturated rings. The van der Waals surface area contributed by atoms with Gasteiger partial charge in [-0.15, -0.1) is 0 Å². The molecule has 0 aromatic rings. The van der Waals surface area contributed by atoms with E-state index >= 15 is 0 Å². The molecular formula is C11H22N2O2. The second kappa shape index (κ2) is 4.94. The number of hydrogen-bond acceptors (Lipinski definition) is 4. The molecule has 0 atom stereocenters. The second-order valence-electron chi connectivity index (χ2n) is 4.84. The first kappa shape index (κ1) is 12.5. The Morgan fingerprint density at radius 3 is 2.40 bits per heavy atom. The van der Waals surface area contributed by atoms with Gasteiger partial charge in [0.25, 0.3) is 0 Å². The third-order valence-electron chi connectivity index (χ3n) is 2.96. The summed E-state index contributed by atoms with van der Waals surface area (Å²) in [4.78, 5) is 13.8. The lowest BCUT2D eigenvalue weighted by molar-refractivity contribution is -0.149. The number of methoxy groups -OCH3 is 1. The smallest absolute Gasteiger partial charge is 0.325 e. The summed E-state index contributed by atoms with van der Waals surface area (Å²) >= 11 is 0. The van der Waals surface area contributed by atoms with Crippen LogP contribution in [-0.4, -0.2) is 43.2 Å². The van der Waals surface area contributed by atoms with Crippen molar-refractivity contribution < 1.29 is 9.53 Å². The van der Waals surface area contributed by atoms with E-state index in [-0.39, 0.29) is 5.97 Å². The van der Waals surface area contributed by atoms with E-state index in [0.29, 0.717) is 18.8 Å². The molecule has 1 aliphatic heterocycles. The largest absolute Gasteiger partial charge is 0.468 e. The molecule has 0 unspecified atom stereocenters. The van der Waals surface area contributed by atoms with Crippen LogP contribution in [0.2, 0.25) is 0 Å². The maximum absolute atomic E-state index is 11.5. The molecular weight excluding hydrogens is 192 g/mol. The number of nitrogens with two attached hydrogens (primary N) is 1. The van der Waals surface area contributed by atoms with Crippen LogP contribution in [0.25, 0.3) is 0 Å². The van der Waals surface area contributed by atoms with Gasteiger partial charge in [0.2, 0.25) is 0 Å². The standard InChI is InChI=1S/C11H22N2O2/c1-9(2)8-13-6-4-11(12,5-7-13)10(14)15-3/h9H,4-8,12H2,1-3H3. The molecule has 1 heterocycles. The Hall–Kier alpha value is -0.610. The number of piperidine rings is 1. The molecule has 1 rings (SSSR count). The van der Waals surface area contributed by atoms with Gasteiger partial charge in [0.1, 0.15) is 5.54 Å². The first-order valence-electron chi connectivity index (χ1n) is 5.57. The summed E-state index contributed by atoms with van der Waals surface area (Å²) in [6.45, 7) is 7.26. The molecule has 0 aromatic carbocycles. The van der Waals surface area contributed by atoms with Crippen LogP contribution in [0.15, 0.2) is 0 Å². The Labute approximate surface area is 91.8 Å². The molecule has 15 heavy (non-hydrogen) atoms. The van der Waals surface area contributed by atoms with Gasteiger partial charge in [-0.05, 0) is 18.8 Å². The summed E-state index contributed by atoms with van der Waals surface area (Å²) in [5.74, 6) is 0.389. The van der Waals surface area contributed by atoms with Crippen LogP contribution in [0.5, 0.6) is 0 Å². The van der Waals surface area contributed by atoms with Crippen LogP contribution >= 0.6 is 0 Å². The first-order chi connectivity index (χ1) is 6.98. The molecule has 0 amide bonds. The van der Waals surface area contributed by atoms with Crippen LogP contribution in [0.3, 0.4) is 0 Å². The number of hydrogen-bond donors (Lipinski definition) is 1. The molecule has 4 nitrogen and oxygen atoms in total. The molecule has 0 aliphatic carbocycles. The summed E-state index contributed by atoms with van der Waals surface area (Å²) < 4.78 is 4.73. The van der Waals surface area contributed by atoms with Gasteiger partial charge in [-0.1, -0.05) is 13.8 Å². The molecule has 0 spiro atoms. The summed E-state index contributed by atoms with van der Waals surface area (Å²) in [6, 6.07) is 0. The maximum Gasteiger partial charge on any atom is 0.325 e. The van der Waals surface area contributed by atoms with E-state index in [1.807, 2.05) is 0 Å². The number of nitrogens with zero attached hydrogens (tertiary/aromatic N) is 1. The minimum absolute atomic E-state index is 0.272. The van der Waals surface area contributed by atoms with Gasteiger partial charge in [-0.2, -0.15) is 0 Å². The molecule has 4 heteroatoms. The van der Waals surface area contributed by atoms with Crippen molar-refractivity contribution >= 4 is 5.97 Å². The Morgan fingerprint density at radius 2 is 2.00 bits per heavy atom. The number of carbonyl (C=O) groups is 1. The SMILES string of the molecule is COC(=O)C1(N)CCN(CC(C)C)CC1. The van der Waals surface area contributed by atoms with E-state index in [0.717, 1.165) is 19.6 Å². The molecule has 2 N–H and O–H groups in total. The number of ether oxygens (including phenoxy) is 1. The summed E-state index contributed by atoms with van der Waals surface area (Å²) in [7, 11) is 1.40. The highest BCUT2D eigenvalue weighted by atomic mass is 16.5. The fourth-order valence-electron chi connectivity index (χ4n) is 2.06. The van der Waals surface area contributed by atoms with Gasteiger partial charge in [-0.3, -0.25) is 4.79 Å². The van der Waals surface area contributed by atoms with E-state index in [1.165, 1.54) is 7.11 Å². The fraction of sp³-hybridized carbons (Fsp3) is 0.909. The normalized spacial score (nSPS) is 21.7. The zero-order valence-electron chi connectivity index (χ0n) is 9.95. The molecule has 0 aromatic heterocycles. The predicted octanol–water partition coefficient (Wildman–Crippen LogP) is 0.609. The van der Waals surface area contributed by atoms with Gasteiger partial charge in [0.05, 0.1) is 7.11 Å². The molecule has 0 bridgehead atoms. The summed E-state index contributed by atoms with van der Waals surface area (Å²) in [6.07, 6.45) is 1.40. The lowest BCUT2D eigenvalue weighted by atomic mass is 9.88. The number of carbonyl (C=O) groups excluding carboxylic acids is 1. The van der Waals surface area contributed by atoms with Crippen molar-refractivity contribution in [2.45, 2.75) is 32.2 Å². The fourth-order valence-corrected chi connectivity index (χ4v) is 2.06. The predicted molar refractivity (Wildman–Crippen MR) is 59.4 cm³/mol. The van der Waals surface area contributed by atoms with E-state index in [4.69, 9.17) is 10.5 Å². The summed E-state index contributed by atoms with van der Waals surface area (Å²) in [5, 5.41) is 0. The Kier molecular flexibility index (Phi) is 4.11. The van der Waals surface area contributed by atoms with E-state index in [2.05, 4.69) is 18.7 Å². The Bertz CT molecular complexity index is 221. The minimum Gasteiger partial charge on any atom is -0.468 e. The Balaban J connectivity index is 2.44. The quantitative estimate of drug-likeness (QED) is 0.699. The van der Waals surface area contributed by atoms with Crippen molar-refractivity contribution in [3.05, 3.63) is 0 Å². The highest BCUT2D eigenvalue weighted by Gasteiger charge is 2.38. The van der Waals surface area contributed by atoms with Gasteiger partial charge >= 0.3 is 5.97 Å². The van der Waals surface area contributed by atoms with Crippen LogP contribution in [0, 0.1) is 5.92 Å². The molecule has 1 aliphatic rings. The monoisotopic (exact) mass is 214 g/mol. The van der Waals surface area contributed by atoms with Crippen molar-refractivity contribution in [1.29, 1.82) is 0 Å². The average Bonchev–Trinajstić information content (AvgIpc) is 2.20. The lowest BCUT2D eigenvalue weighted by Crippen LogP contribution is -2.56. The highest BCUT2D eigenvalue weighted by molar-refractivity contribution is 5.80. The van der Waals surface area contributed by atoms with Crippen molar-refractivity contribution in [1.82, 2.24) is 4.90 Å². The number of esters is 1. The van der Waals surface area contributed by atoms with Gasteiger partial charge in [0, 0.05) is 19.6 Å². The third kappa shape index (κ3) is 3.18. The van der Waals surface area contributed by atoms with Crippen molar-refractivity contribution in [2.75, 3.05) is 26.7 Å². The van der Waals surface area contributed by atoms with E-state index < -0.39 is 5.54 Å². The van der Waals surface area contributed by atoms with Crippen molar-refractivity contribution in [3.63, 3.8) is 0 Å². The maximum atomic E-state index is 11.5. The summed E-state index contributed by atoms with van der Waals surface area (Å²) in [5.41, 5.74) is 5.26. The second-order valence-corrected chi connectivity index (χ2v) is 4.84. The zero-order valence-corrected chi connectivity index (χ0v) is 9.95. The van der Waals surface area contributed by atoms with Crippen LogP contribution in [0.4, 0.5) is 0 Å². The number of likely N-dealkylation sites (tertiary alicyclic amines) is 1. The third-order valence-corrected chi connectivity index (χ3v) is 2.96.